The van der Waals surface area contributed by atoms with Crippen molar-refractivity contribution in [3.8, 4) is 0 Å². The van der Waals surface area contributed by atoms with Gasteiger partial charge < -0.3 is 5.11 Å². The first kappa shape index (κ1) is 15.3. The van der Waals surface area contributed by atoms with Crippen LogP contribution in [0.5, 0.6) is 0 Å². The first-order valence-corrected chi connectivity index (χ1v) is 6.38. The van der Waals surface area contributed by atoms with Crippen molar-refractivity contribution in [2.75, 3.05) is 6.61 Å². The fraction of sp³-hybridized carbons (Fsp3) is 0.188. The van der Waals surface area contributed by atoms with Crippen LogP contribution in [0.4, 0.5) is 13.2 Å². The Hall–Kier alpha value is -2.14. The Morgan fingerprint density at radius 2 is 1.48 bits per heavy atom. The Morgan fingerprint density at radius 1 is 0.952 bits per heavy atom. The summed E-state index contributed by atoms with van der Waals surface area (Å²) in [6, 6.07) is 14.9. The standard InChI is InChI=1S/C16H14F3NO/c17-16(18,19)15(13-9-5-2-6-10-13)20-14(11-21)12-7-3-1-4-8-12/h1-10,14,21H,11H2/t14-/m0/s1. The van der Waals surface area contributed by atoms with Gasteiger partial charge in [0.1, 0.15) is 5.71 Å². The highest BCUT2D eigenvalue weighted by molar-refractivity contribution is 6.04. The molecule has 0 aliphatic carbocycles. The summed E-state index contributed by atoms with van der Waals surface area (Å²) in [5.41, 5.74) is -0.455. The number of hydrogen-bond donors (Lipinski definition) is 1. The van der Waals surface area contributed by atoms with E-state index in [0.29, 0.717) is 5.56 Å². The molecule has 2 nitrogen and oxygen atoms in total. The number of halogens is 3. The van der Waals surface area contributed by atoms with Gasteiger partial charge in [-0.2, -0.15) is 13.2 Å². The van der Waals surface area contributed by atoms with Crippen LogP contribution in [0.1, 0.15) is 17.2 Å². The molecule has 0 heterocycles. The average molecular weight is 293 g/mol. The Balaban J connectivity index is 2.45. The van der Waals surface area contributed by atoms with Crippen molar-refractivity contribution in [3.05, 3.63) is 71.8 Å². The highest BCUT2D eigenvalue weighted by atomic mass is 19.4. The maximum Gasteiger partial charge on any atom is 0.433 e. The molecule has 0 saturated carbocycles. The predicted molar refractivity (Wildman–Crippen MR) is 75.3 cm³/mol. The lowest BCUT2D eigenvalue weighted by Crippen LogP contribution is -2.25. The second kappa shape index (κ2) is 6.54. The van der Waals surface area contributed by atoms with Crippen LogP contribution in [0, 0.1) is 0 Å². The van der Waals surface area contributed by atoms with Crippen LogP contribution < -0.4 is 0 Å². The number of alkyl halides is 3. The summed E-state index contributed by atoms with van der Waals surface area (Å²) in [6.07, 6.45) is -4.58. The molecular weight excluding hydrogens is 279 g/mol. The normalized spacial score (nSPS) is 14.0. The van der Waals surface area contributed by atoms with Crippen molar-refractivity contribution >= 4 is 5.71 Å². The van der Waals surface area contributed by atoms with E-state index in [1.165, 1.54) is 24.3 Å². The van der Waals surface area contributed by atoms with E-state index in [2.05, 4.69) is 4.99 Å². The average Bonchev–Trinajstić information content (AvgIpc) is 2.49. The minimum Gasteiger partial charge on any atom is -0.394 e. The van der Waals surface area contributed by atoms with E-state index >= 15 is 0 Å². The monoisotopic (exact) mass is 293 g/mol. The smallest absolute Gasteiger partial charge is 0.394 e. The molecule has 0 aliphatic rings. The second-order valence-electron chi connectivity index (χ2n) is 4.45. The molecule has 0 amide bonds. The quantitative estimate of drug-likeness (QED) is 0.855. The van der Waals surface area contributed by atoms with E-state index in [9.17, 15) is 18.3 Å². The SMILES string of the molecule is OC[C@H](N=C(c1ccccc1)C(F)(F)F)c1ccccc1. The lowest BCUT2D eigenvalue weighted by atomic mass is 10.1. The van der Waals surface area contributed by atoms with Gasteiger partial charge in [-0.05, 0) is 5.56 Å². The summed E-state index contributed by atoms with van der Waals surface area (Å²) in [7, 11) is 0. The molecule has 0 bridgehead atoms. The predicted octanol–water partition coefficient (Wildman–Crippen LogP) is 3.77. The number of benzene rings is 2. The number of aliphatic hydroxyl groups excluding tert-OH is 1. The van der Waals surface area contributed by atoms with Gasteiger partial charge in [0, 0.05) is 5.56 Å². The number of aliphatic imine (C=N–C) groups is 1. The van der Waals surface area contributed by atoms with E-state index in [1.54, 1.807) is 36.4 Å². The van der Waals surface area contributed by atoms with Gasteiger partial charge in [0.25, 0.3) is 0 Å². The molecule has 5 heteroatoms. The molecule has 2 rings (SSSR count). The summed E-state index contributed by atoms with van der Waals surface area (Å²) >= 11 is 0. The molecular formula is C16H14F3NO. The molecule has 21 heavy (non-hydrogen) atoms. The lowest BCUT2D eigenvalue weighted by Gasteiger charge is -2.16. The third-order valence-corrected chi connectivity index (χ3v) is 2.96. The molecule has 1 atom stereocenters. The van der Waals surface area contributed by atoms with Gasteiger partial charge in [0.15, 0.2) is 0 Å². The third kappa shape index (κ3) is 3.92. The topological polar surface area (TPSA) is 32.6 Å². The number of hydrogen-bond acceptors (Lipinski definition) is 2. The van der Waals surface area contributed by atoms with Crippen molar-refractivity contribution in [2.24, 2.45) is 4.99 Å². The molecule has 0 radical (unpaired) electrons. The van der Waals surface area contributed by atoms with Crippen LogP contribution in [0.3, 0.4) is 0 Å². The molecule has 0 fully saturated rings. The van der Waals surface area contributed by atoms with Gasteiger partial charge in [-0.1, -0.05) is 60.7 Å². The minimum absolute atomic E-state index is 0.0145. The molecule has 0 aromatic heterocycles. The maximum atomic E-state index is 13.2. The molecule has 0 saturated heterocycles. The van der Waals surface area contributed by atoms with Crippen molar-refractivity contribution in [2.45, 2.75) is 12.2 Å². The van der Waals surface area contributed by atoms with Crippen LogP contribution in [0.2, 0.25) is 0 Å². The number of aliphatic hydroxyl groups is 1. The van der Waals surface area contributed by atoms with Gasteiger partial charge in [-0.3, -0.25) is 4.99 Å². The zero-order chi connectivity index (χ0) is 15.3. The summed E-state index contributed by atoms with van der Waals surface area (Å²) < 4.78 is 39.6. The first-order valence-electron chi connectivity index (χ1n) is 6.38. The molecule has 1 N–H and O–H groups in total. The van der Waals surface area contributed by atoms with Crippen molar-refractivity contribution in [1.29, 1.82) is 0 Å². The Labute approximate surface area is 120 Å². The van der Waals surface area contributed by atoms with Crippen molar-refractivity contribution in [3.63, 3.8) is 0 Å². The first-order chi connectivity index (χ1) is 10.0. The largest absolute Gasteiger partial charge is 0.433 e. The van der Waals surface area contributed by atoms with Crippen molar-refractivity contribution in [1.82, 2.24) is 0 Å². The van der Waals surface area contributed by atoms with E-state index in [4.69, 9.17) is 0 Å². The van der Waals surface area contributed by atoms with E-state index in [1.807, 2.05) is 0 Å². The van der Waals surface area contributed by atoms with Crippen LogP contribution in [0.25, 0.3) is 0 Å². The minimum atomic E-state index is -4.58. The van der Waals surface area contributed by atoms with Gasteiger partial charge in [0.05, 0.1) is 12.6 Å². The summed E-state index contributed by atoms with van der Waals surface area (Å²) in [4.78, 5) is 3.75. The zero-order valence-electron chi connectivity index (χ0n) is 11.1. The summed E-state index contributed by atoms with van der Waals surface area (Å²) in [5.74, 6) is 0. The van der Waals surface area contributed by atoms with E-state index in [0.717, 1.165) is 0 Å². The number of rotatable bonds is 4. The highest BCUT2D eigenvalue weighted by Gasteiger charge is 2.37. The van der Waals surface area contributed by atoms with E-state index < -0.39 is 24.5 Å². The van der Waals surface area contributed by atoms with E-state index in [-0.39, 0.29) is 5.56 Å². The third-order valence-electron chi connectivity index (χ3n) is 2.96. The fourth-order valence-electron chi connectivity index (χ4n) is 1.96. The van der Waals surface area contributed by atoms with Crippen LogP contribution >= 0.6 is 0 Å². The molecule has 0 aliphatic heterocycles. The second-order valence-corrected chi connectivity index (χ2v) is 4.45. The fourth-order valence-corrected chi connectivity index (χ4v) is 1.96. The van der Waals surface area contributed by atoms with Crippen molar-refractivity contribution < 1.29 is 18.3 Å². The summed E-state index contributed by atoms with van der Waals surface area (Å²) in [6.45, 7) is -0.490. The highest BCUT2D eigenvalue weighted by Crippen LogP contribution is 2.26. The van der Waals surface area contributed by atoms with Crippen LogP contribution in [0.15, 0.2) is 65.7 Å². The Kier molecular flexibility index (Phi) is 4.75. The lowest BCUT2D eigenvalue weighted by molar-refractivity contribution is -0.0585. The Bertz CT molecular complexity index is 594. The van der Waals surface area contributed by atoms with Gasteiger partial charge in [-0.25, -0.2) is 0 Å². The van der Waals surface area contributed by atoms with Gasteiger partial charge in [0.2, 0.25) is 0 Å². The zero-order valence-corrected chi connectivity index (χ0v) is 11.1. The van der Waals surface area contributed by atoms with Gasteiger partial charge >= 0.3 is 6.18 Å². The maximum absolute atomic E-state index is 13.2. The van der Waals surface area contributed by atoms with Gasteiger partial charge in [-0.15, -0.1) is 0 Å². The molecule has 2 aromatic rings. The molecule has 110 valence electrons. The Morgan fingerprint density at radius 3 is 1.95 bits per heavy atom. The molecule has 0 spiro atoms. The molecule has 2 aromatic carbocycles. The van der Waals surface area contributed by atoms with Crippen LogP contribution in [-0.2, 0) is 0 Å². The molecule has 0 unspecified atom stereocenters. The summed E-state index contributed by atoms with van der Waals surface area (Å²) in [5, 5.41) is 9.37. The van der Waals surface area contributed by atoms with Crippen LogP contribution in [-0.4, -0.2) is 23.6 Å². The number of nitrogens with zero attached hydrogens (tertiary/aromatic N) is 1.